The predicted molar refractivity (Wildman–Crippen MR) is 102 cm³/mol. The summed E-state index contributed by atoms with van der Waals surface area (Å²) in [5.41, 5.74) is 1.62. The molecule has 0 aliphatic heterocycles. The first-order valence-corrected chi connectivity index (χ1v) is 9.16. The maximum Gasteiger partial charge on any atom is 0.308 e. The number of thiophene rings is 1. The molecule has 0 aliphatic carbocycles. The average molecular weight is 364 g/mol. The number of rotatable bonds is 5. The number of aryl methyl sites for hydroxylation is 1. The largest absolute Gasteiger partial charge is 0.461 e. The standard InChI is InChI=1S/C20H16N2O3S/c23-18-11-21-22(17-7-3-1-6-16(17)18)10-9-20(24)25-12-14-13-26-19-8-4-2-5-15(14)19/h1-8,11,13H,9-10,12H2. The van der Waals surface area contributed by atoms with Gasteiger partial charge in [0, 0.05) is 15.6 Å². The van der Waals surface area contributed by atoms with Gasteiger partial charge in [-0.15, -0.1) is 11.3 Å². The molecule has 0 fully saturated rings. The van der Waals surface area contributed by atoms with Crippen LogP contribution < -0.4 is 5.43 Å². The Morgan fingerprint density at radius 2 is 1.85 bits per heavy atom. The third kappa shape index (κ3) is 3.23. The van der Waals surface area contributed by atoms with E-state index in [4.69, 9.17) is 4.74 Å². The minimum absolute atomic E-state index is 0.122. The molecule has 2 aromatic carbocycles. The summed E-state index contributed by atoms with van der Waals surface area (Å²) in [6.45, 7) is 0.630. The number of carbonyl (C=O) groups is 1. The van der Waals surface area contributed by atoms with E-state index < -0.39 is 0 Å². The van der Waals surface area contributed by atoms with Crippen molar-refractivity contribution in [1.82, 2.24) is 9.78 Å². The lowest BCUT2D eigenvalue weighted by molar-refractivity contribution is -0.145. The Kier molecular flexibility index (Phi) is 4.50. The van der Waals surface area contributed by atoms with Gasteiger partial charge in [0.05, 0.1) is 24.7 Å². The zero-order valence-corrected chi connectivity index (χ0v) is 14.7. The maximum absolute atomic E-state index is 12.1. The lowest BCUT2D eigenvalue weighted by Gasteiger charge is -2.09. The monoisotopic (exact) mass is 364 g/mol. The molecule has 0 atom stereocenters. The Labute approximate surface area is 153 Å². The lowest BCUT2D eigenvalue weighted by Crippen LogP contribution is -2.15. The lowest BCUT2D eigenvalue weighted by atomic mass is 10.2. The zero-order valence-electron chi connectivity index (χ0n) is 13.9. The third-order valence-electron chi connectivity index (χ3n) is 4.24. The Morgan fingerprint density at radius 3 is 2.73 bits per heavy atom. The van der Waals surface area contributed by atoms with Crippen molar-refractivity contribution >= 4 is 38.3 Å². The fraction of sp³-hybridized carbons (Fsp3) is 0.150. The first-order valence-electron chi connectivity index (χ1n) is 8.28. The second kappa shape index (κ2) is 7.09. The number of para-hydroxylation sites is 1. The van der Waals surface area contributed by atoms with Gasteiger partial charge in [0.25, 0.3) is 0 Å². The minimum atomic E-state index is -0.287. The van der Waals surface area contributed by atoms with E-state index >= 15 is 0 Å². The highest BCUT2D eigenvalue weighted by Crippen LogP contribution is 2.26. The van der Waals surface area contributed by atoms with Gasteiger partial charge in [-0.05, 0) is 29.0 Å². The van der Waals surface area contributed by atoms with E-state index in [0.717, 1.165) is 16.5 Å². The first-order chi connectivity index (χ1) is 12.7. The number of nitrogens with zero attached hydrogens (tertiary/aromatic N) is 2. The van der Waals surface area contributed by atoms with Crippen LogP contribution in [0.4, 0.5) is 0 Å². The summed E-state index contributed by atoms with van der Waals surface area (Å²) < 4.78 is 8.26. The number of aromatic nitrogens is 2. The molecule has 2 heterocycles. The van der Waals surface area contributed by atoms with Crippen LogP contribution in [0.2, 0.25) is 0 Å². The van der Waals surface area contributed by atoms with E-state index in [2.05, 4.69) is 11.2 Å². The highest BCUT2D eigenvalue weighted by molar-refractivity contribution is 7.17. The highest BCUT2D eigenvalue weighted by Gasteiger charge is 2.09. The number of hydrogen-bond acceptors (Lipinski definition) is 5. The molecule has 2 aromatic heterocycles. The number of ether oxygens (including phenoxy) is 1. The van der Waals surface area contributed by atoms with Crippen molar-refractivity contribution in [2.45, 2.75) is 19.6 Å². The van der Waals surface area contributed by atoms with Crippen molar-refractivity contribution in [3.8, 4) is 0 Å². The molecule has 0 bridgehead atoms. The quantitative estimate of drug-likeness (QED) is 0.506. The third-order valence-corrected chi connectivity index (χ3v) is 5.25. The van der Waals surface area contributed by atoms with Crippen molar-refractivity contribution in [2.75, 3.05) is 0 Å². The highest BCUT2D eigenvalue weighted by atomic mass is 32.1. The van der Waals surface area contributed by atoms with E-state index in [-0.39, 0.29) is 24.4 Å². The number of carbonyl (C=O) groups excluding carboxylic acids is 1. The average Bonchev–Trinajstić information content (AvgIpc) is 3.09. The van der Waals surface area contributed by atoms with Gasteiger partial charge in [0.15, 0.2) is 0 Å². The van der Waals surface area contributed by atoms with Gasteiger partial charge in [-0.3, -0.25) is 14.3 Å². The summed E-state index contributed by atoms with van der Waals surface area (Å²) in [6, 6.07) is 15.3. The summed E-state index contributed by atoms with van der Waals surface area (Å²) >= 11 is 1.64. The molecular weight excluding hydrogens is 348 g/mol. The van der Waals surface area contributed by atoms with Crippen molar-refractivity contribution in [2.24, 2.45) is 0 Å². The summed E-state index contributed by atoms with van der Waals surface area (Å²) in [6.07, 6.45) is 1.48. The Balaban J connectivity index is 1.42. The molecule has 0 aliphatic rings. The fourth-order valence-electron chi connectivity index (χ4n) is 2.91. The number of fused-ring (bicyclic) bond motifs is 2. The minimum Gasteiger partial charge on any atom is -0.461 e. The predicted octanol–water partition coefficient (Wildman–Crippen LogP) is 3.74. The second-order valence-electron chi connectivity index (χ2n) is 5.92. The molecule has 0 N–H and O–H groups in total. The normalized spacial score (nSPS) is 11.1. The van der Waals surface area contributed by atoms with Crippen LogP contribution in [-0.2, 0) is 22.7 Å². The van der Waals surface area contributed by atoms with Crippen LogP contribution in [0.1, 0.15) is 12.0 Å². The molecule has 26 heavy (non-hydrogen) atoms. The van der Waals surface area contributed by atoms with Crippen LogP contribution >= 0.6 is 11.3 Å². The van der Waals surface area contributed by atoms with Crippen LogP contribution in [0.3, 0.4) is 0 Å². The SMILES string of the molecule is O=C(CCn1ncc(=O)c2ccccc21)OCc1csc2ccccc12. The van der Waals surface area contributed by atoms with Crippen LogP contribution in [0.5, 0.6) is 0 Å². The molecule has 0 unspecified atom stereocenters. The summed E-state index contributed by atoms with van der Waals surface area (Å²) in [4.78, 5) is 24.0. The molecular formula is C20H16N2O3S. The molecule has 0 saturated carbocycles. The molecule has 4 rings (SSSR count). The van der Waals surface area contributed by atoms with Gasteiger partial charge in [0.2, 0.25) is 5.43 Å². The smallest absolute Gasteiger partial charge is 0.308 e. The summed E-state index contributed by atoms with van der Waals surface area (Å²) in [5.74, 6) is -0.287. The number of esters is 1. The van der Waals surface area contributed by atoms with Gasteiger partial charge >= 0.3 is 5.97 Å². The van der Waals surface area contributed by atoms with E-state index in [1.54, 1.807) is 22.1 Å². The van der Waals surface area contributed by atoms with Crippen molar-refractivity contribution in [3.05, 3.63) is 75.9 Å². The first kappa shape index (κ1) is 16.5. The summed E-state index contributed by atoms with van der Waals surface area (Å²) in [5, 5.41) is 7.87. The molecule has 130 valence electrons. The topological polar surface area (TPSA) is 61.2 Å². The van der Waals surface area contributed by atoms with Crippen molar-refractivity contribution < 1.29 is 9.53 Å². The van der Waals surface area contributed by atoms with Crippen LogP contribution in [-0.4, -0.2) is 15.7 Å². The van der Waals surface area contributed by atoms with Crippen molar-refractivity contribution in [1.29, 1.82) is 0 Å². The van der Waals surface area contributed by atoms with Gasteiger partial charge in [0.1, 0.15) is 6.61 Å². The van der Waals surface area contributed by atoms with Crippen LogP contribution in [0, 0.1) is 0 Å². The van der Waals surface area contributed by atoms with Crippen LogP contribution in [0.15, 0.2) is 64.9 Å². The number of benzene rings is 2. The van der Waals surface area contributed by atoms with Crippen LogP contribution in [0.25, 0.3) is 21.0 Å². The van der Waals surface area contributed by atoms with Gasteiger partial charge in [-0.2, -0.15) is 5.10 Å². The Morgan fingerprint density at radius 1 is 1.08 bits per heavy atom. The van der Waals surface area contributed by atoms with Crippen molar-refractivity contribution in [3.63, 3.8) is 0 Å². The molecule has 5 nitrogen and oxygen atoms in total. The molecule has 0 saturated heterocycles. The van der Waals surface area contributed by atoms with E-state index in [1.165, 1.54) is 10.9 Å². The maximum atomic E-state index is 12.1. The van der Waals surface area contributed by atoms with E-state index in [9.17, 15) is 9.59 Å². The van der Waals surface area contributed by atoms with E-state index in [1.807, 2.05) is 41.8 Å². The Bertz CT molecular complexity index is 1150. The number of hydrogen-bond donors (Lipinski definition) is 0. The molecule has 0 spiro atoms. The molecule has 0 amide bonds. The van der Waals surface area contributed by atoms with Gasteiger partial charge in [-0.25, -0.2) is 0 Å². The molecule has 4 aromatic rings. The molecule has 6 heteroatoms. The van der Waals surface area contributed by atoms with E-state index in [0.29, 0.717) is 11.9 Å². The Hall–Kier alpha value is -2.99. The zero-order chi connectivity index (χ0) is 17.9. The van der Waals surface area contributed by atoms with Gasteiger partial charge in [-0.1, -0.05) is 30.3 Å². The summed E-state index contributed by atoms with van der Waals surface area (Å²) in [7, 11) is 0. The molecule has 0 radical (unpaired) electrons. The van der Waals surface area contributed by atoms with Gasteiger partial charge < -0.3 is 4.74 Å². The fourth-order valence-corrected chi connectivity index (χ4v) is 3.86. The second-order valence-corrected chi connectivity index (χ2v) is 6.83.